The molecule has 3 rings (SSSR count). The van der Waals surface area contributed by atoms with Gasteiger partial charge in [-0.25, -0.2) is 4.98 Å². The maximum absolute atomic E-state index is 11.2. The summed E-state index contributed by atoms with van der Waals surface area (Å²) in [6.45, 7) is 3.67. The smallest absolute Gasteiger partial charge is 0.140 e. The number of imidazole rings is 1. The monoisotopic (exact) mass is 264 g/mol. The Morgan fingerprint density at radius 1 is 1.25 bits per heavy atom. The van der Waals surface area contributed by atoms with Crippen LogP contribution in [0.25, 0.3) is 16.9 Å². The zero-order valence-electron chi connectivity index (χ0n) is 11.6. The predicted octanol–water partition coefficient (Wildman–Crippen LogP) is 3.44. The summed E-state index contributed by atoms with van der Waals surface area (Å²) in [5, 5.41) is 0. The summed E-state index contributed by atoms with van der Waals surface area (Å²) in [6, 6.07) is 12.1. The SMILES string of the molecule is CC(=O)Cc1cccc(-c2cn3cccc(C)c3n2)c1. The van der Waals surface area contributed by atoms with Gasteiger partial charge in [0.2, 0.25) is 0 Å². The highest BCUT2D eigenvalue weighted by Gasteiger charge is 2.07. The number of Topliss-reactive ketones (excluding diaryl/α,β-unsaturated/α-hetero) is 1. The van der Waals surface area contributed by atoms with Crippen molar-refractivity contribution in [2.45, 2.75) is 20.3 Å². The maximum atomic E-state index is 11.2. The van der Waals surface area contributed by atoms with Crippen LogP contribution in [0.4, 0.5) is 0 Å². The molecule has 3 nitrogen and oxygen atoms in total. The van der Waals surface area contributed by atoms with Gasteiger partial charge in [-0.05, 0) is 37.1 Å². The van der Waals surface area contributed by atoms with Crippen LogP contribution in [0.2, 0.25) is 0 Å². The van der Waals surface area contributed by atoms with Gasteiger partial charge in [0.05, 0.1) is 5.69 Å². The van der Waals surface area contributed by atoms with E-state index in [2.05, 4.69) is 18.0 Å². The Labute approximate surface area is 117 Å². The molecule has 100 valence electrons. The lowest BCUT2D eigenvalue weighted by Gasteiger charge is -2.01. The minimum Gasteiger partial charge on any atom is -0.306 e. The van der Waals surface area contributed by atoms with Gasteiger partial charge in [0, 0.05) is 24.4 Å². The molecular weight excluding hydrogens is 248 g/mol. The van der Waals surface area contributed by atoms with Gasteiger partial charge < -0.3 is 4.40 Å². The third-order valence-electron chi connectivity index (χ3n) is 3.35. The zero-order valence-corrected chi connectivity index (χ0v) is 11.6. The molecule has 0 saturated carbocycles. The van der Waals surface area contributed by atoms with Crippen LogP contribution < -0.4 is 0 Å². The number of hydrogen-bond donors (Lipinski definition) is 0. The van der Waals surface area contributed by atoms with Gasteiger partial charge in [-0.2, -0.15) is 0 Å². The van der Waals surface area contributed by atoms with E-state index in [1.165, 1.54) is 0 Å². The third-order valence-corrected chi connectivity index (χ3v) is 3.35. The summed E-state index contributed by atoms with van der Waals surface area (Å²) in [7, 11) is 0. The largest absolute Gasteiger partial charge is 0.306 e. The Hall–Kier alpha value is -2.42. The topological polar surface area (TPSA) is 34.4 Å². The summed E-state index contributed by atoms with van der Waals surface area (Å²) in [4.78, 5) is 15.9. The molecule has 0 unspecified atom stereocenters. The first-order chi connectivity index (χ1) is 9.63. The van der Waals surface area contributed by atoms with Crippen molar-refractivity contribution in [1.82, 2.24) is 9.38 Å². The number of rotatable bonds is 3. The van der Waals surface area contributed by atoms with Crippen molar-refractivity contribution in [2.75, 3.05) is 0 Å². The fourth-order valence-corrected chi connectivity index (χ4v) is 2.42. The molecule has 0 radical (unpaired) electrons. The number of benzene rings is 1. The normalized spacial score (nSPS) is 10.9. The van der Waals surface area contributed by atoms with Crippen molar-refractivity contribution in [2.24, 2.45) is 0 Å². The van der Waals surface area contributed by atoms with Gasteiger partial charge >= 0.3 is 0 Å². The van der Waals surface area contributed by atoms with Crippen LogP contribution in [0.1, 0.15) is 18.1 Å². The number of carbonyl (C=O) groups is 1. The Balaban J connectivity index is 2.06. The number of hydrogen-bond acceptors (Lipinski definition) is 2. The van der Waals surface area contributed by atoms with Crippen molar-refractivity contribution in [3.8, 4) is 11.3 Å². The molecule has 3 aromatic rings. The lowest BCUT2D eigenvalue weighted by molar-refractivity contribution is -0.116. The number of aryl methyl sites for hydroxylation is 1. The van der Waals surface area contributed by atoms with Gasteiger partial charge in [-0.15, -0.1) is 0 Å². The van der Waals surface area contributed by atoms with E-state index in [-0.39, 0.29) is 5.78 Å². The van der Waals surface area contributed by atoms with Crippen LogP contribution in [0.3, 0.4) is 0 Å². The van der Waals surface area contributed by atoms with E-state index >= 15 is 0 Å². The fraction of sp³-hybridized carbons (Fsp3) is 0.176. The number of pyridine rings is 1. The van der Waals surface area contributed by atoms with Crippen molar-refractivity contribution < 1.29 is 4.79 Å². The van der Waals surface area contributed by atoms with Crippen LogP contribution in [-0.4, -0.2) is 15.2 Å². The summed E-state index contributed by atoms with van der Waals surface area (Å²) >= 11 is 0. The Morgan fingerprint density at radius 3 is 2.85 bits per heavy atom. The summed E-state index contributed by atoms with van der Waals surface area (Å²) < 4.78 is 2.03. The molecule has 0 amide bonds. The number of fused-ring (bicyclic) bond motifs is 1. The fourth-order valence-electron chi connectivity index (χ4n) is 2.42. The first kappa shape index (κ1) is 12.6. The first-order valence-electron chi connectivity index (χ1n) is 6.66. The molecule has 0 saturated heterocycles. The molecule has 0 aliphatic carbocycles. The van der Waals surface area contributed by atoms with E-state index in [4.69, 9.17) is 0 Å². The van der Waals surface area contributed by atoms with Crippen molar-refractivity contribution in [3.05, 3.63) is 59.9 Å². The molecule has 0 bridgehead atoms. The number of aromatic nitrogens is 2. The van der Waals surface area contributed by atoms with E-state index in [0.717, 1.165) is 28.0 Å². The Morgan fingerprint density at radius 2 is 2.10 bits per heavy atom. The average molecular weight is 264 g/mol. The minimum absolute atomic E-state index is 0.174. The molecule has 2 aromatic heterocycles. The highest BCUT2D eigenvalue weighted by atomic mass is 16.1. The van der Waals surface area contributed by atoms with Crippen LogP contribution in [-0.2, 0) is 11.2 Å². The highest BCUT2D eigenvalue weighted by Crippen LogP contribution is 2.21. The minimum atomic E-state index is 0.174. The Bertz CT molecular complexity index is 787. The maximum Gasteiger partial charge on any atom is 0.140 e. The van der Waals surface area contributed by atoms with Gasteiger partial charge in [-0.1, -0.05) is 24.3 Å². The van der Waals surface area contributed by atoms with Crippen LogP contribution >= 0.6 is 0 Å². The first-order valence-corrected chi connectivity index (χ1v) is 6.66. The van der Waals surface area contributed by atoms with Gasteiger partial charge in [0.25, 0.3) is 0 Å². The number of ketones is 1. The third kappa shape index (κ3) is 2.35. The van der Waals surface area contributed by atoms with Crippen molar-refractivity contribution >= 4 is 11.4 Å². The molecule has 2 heterocycles. The van der Waals surface area contributed by atoms with E-state index in [1.54, 1.807) is 6.92 Å². The molecule has 0 fully saturated rings. The molecule has 0 aliphatic heterocycles. The second kappa shape index (κ2) is 4.93. The number of nitrogens with zero attached hydrogens (tertiary/aromatic N) is 2. The van der Waals surface area contributed by atoms with Crippen molar-refractivity contribution in [3.63, 3.8) is 0 Å². The second-order valence-electron chi connectivity index (χ2n) is 5.13. The molecule has 0 aliphatic rings. The summed E-state index contributed by atoms with van der Waals surface area (Å²) in [5.74, 6) is 0.174. The van der Waals surface area contributed by atoms with E-state index in [0.29, 0.717) is 6.42 Å². The van der Waals surface area contributed by atoms with Crippen LogP contribution in [0.5, 0.6) is 0 Å². The van der Waals surface area contributed by atoms with Crippen LogP contribution in [0.15, 0.2) is 48.8 Å². The molecular formula is C17H16N2O. The molecule has 0 atom stereocenters. The molecule has 0 spiro atoms. The lowest BCUT2D eigenvalue weighted by atomic mass is 10.0. The molecule has 0 N–H and O–H groups in total. The van der Waals surface area contributed by atoms with Gasteiger partial charge in [0.15, 0.2) is 0 Å². The number of carbonyl (C=O) groups excluding carboxylic acids is 1. The van der Waals surface area contributed by atoms with E-state index in [9.17, 15) is 4.79 Å². The molecule has 3 heteroatoms. The molecule has 20 heavy (non-hydrogen) atoms. The van der Waals surface area contributed by atoms with Crippen LogP contribution in [0, 0.1) is 6.92 Å². The predicted molar refractivity (Wildman–Crippen MR) is 79.8 cm³/mol. The zero-order chi connectivity index (χ0) is 14.1. The van der Waals surface area contributed by atoms with E-state index < -0.39 is 0 Å². The molecule has 1 aromatic carbocycles. The average Bonchev–Trinajstić information content (AvgIpc) is 2.84. The van der Waals surface area contributed by atoms with Gasteiger partial charge in [-0.3, -0.25) is 4.79 Å². The lowest BCUT2D eigenvalue weighted by Crippen LogP contribution is -1.96. The quantitative estimate of drug-likeness (QED) is 0.726. The standard InChI is InChI=1S/C17H16N2O/c1-12-5-4-8-19-11-16(18-17(12)19)15-7-3-6-14(10-15)9-13(2)20/h3-8,10-11H,9H2,1-2H3. The highest BCUT2D eigenvalue weighted by molar-refractivity contribution is 5.78. The Kier molecular flexibility index (Phi) is 3.11. The second-order valence-corrected chi connectivity index (χ2v) is 5.13. The van der Waals surface area contributed by atoms with E-state index in [1.807, 2.05) is 47.1 Å². The summed E-state index contributed by atoms with van der Waals surface area (Å²) in [6.07, 6.45) is 4.49. The van der Waals surface area contributed by atoms with Crippen molar-refractivity contribution in [1.29, 1.82) is 0 Å². The van der Waals surface area contributed by atoms with Gasteiger partial charge in [0.1, 0.15) is 11.4 Å². The summed E-state index contributed by atoms with van der Waals surface area (Å²) in [5.41, 5.74) is 5.14.